The van der Waals surface area contributed by atoms with E-state index in [1.807, 2.05) is 59.5 Å². The normalized spacial score (nSPS) is 22.6. The lowest BCUT2D eigenvalue weighted by Gasteiger charge is -2.33. The summed E-state index contributed by atoms with van der Waals surface area (Å²) in [6, 6.07) is 17.4. The Kier molecular flexibility index (Phi) is 5.70. The highest BCUT2D eigenvalue weighted by Crippen LogP contribution is 2.24. The topological polar surface area (TPSA) is 48.0 Å². The van der Waals surface area contributed by atoms with Crippen LogP contribution in [0.15, 0.2) is 54.6 Å². The molecule has 2 saturated heterocycles. The SMILES string of the molecule is O=C(c1ccc(OC[C@@H]2CCCO2)cc1)N1CCO[C@@H](c2ccccc2)C1. The third-order valence-electron chi connectivity index (χ3n) is 5.09. The zero-order chi connectivity index (χ0) is 18.5. The fourth-order valence-electron chi connectivity index (χ4n) is 3.54. The van der Waals surface area contributed by atoms with E-state index in [0.29, 0.717) is 31.9 Å². The molecule has 0 spiro atoms. The maximum atomic E-state index is 12.9. The predicted octanol–water partition coefficient (Wildman–Crippen LogP) is 3.46. The highest BCUT2D eigenvalue weighted by atomic mass is 16.5. The van der Waals surface area contributed by atoms with Gasteiger partial charge in [-0.1, -0.05) is 30.3 Å². The average molecular weight is 367 g/mol. The van der Waals surface area contributed by atoms with Crippen LogP contribution in [0.2, 0.25) is 0 Å². The van der Waals surface area contributed by atoms with Crippen LogP contribution in [0.1, 0.15) is 34.9 Å². The van der Waals surface area contributed by atoms with Gasteiger partial charge in [0.1, 0.15) is 18.5 Å². The molecule has 2 atom stereocenters. The predicted molar refractivity (Wildman–Crippen MR) is 102 cm³/mol. The molecule has 0 bridgehead atoms. The van der Waals surface area contributed by atoms with Gasteiger partial charge in [-0.15, -0.1) is 0 Å². The fourth-order valence-corrected chi connectivity index (χ4v) is 3.54. The summed E-state index contributed by atoms with van der Waals surface area (Å²) in [7, 11) is 0. The zero-order valence-electron chi connectivity index (χ0n) is 15.4. The van der Waals surface area contributed by atoms with Crippen LogP contribution in [0.25, 0.3) is 0 Å². The van der Waals surface area contributed by atoms with Gasteiger partial charge in [-0.25, -0.2) is 0 Å². The third-order valence-corrected chi connectivity index (χ3v) is 5.09. The second-order valence-electron chi connectivity index (χ2n) is 6.99. The van der Waals surface area contributed by atoms with Gasteiger partial charge in [0.05, 0.1) is 19.3 Å². The van der Waals surface area contributed by atoms with E-state index < -0.39 is 0 Å². The van der Waals surface area contributed by atoms with Crippen molar-refractivity contribution in [2.24, 2.45) is 0 Å². The van der Waals surface area contributed by atoms with Crippen LogP contribution >= 0.6 is 0 Å². The molecule has 2 heterocycles. The van der Waals surface area contributed by atoms with Crippen LogP contribution in [0.4, 0.5) is 0 Å². The Balaban J connectivity index is 1.35. The number of carbonyl (C=O) groups is 1. The molecule has 1 amide bonds. The first-order valence-corrected chi connectivity index (χ1v) is 9.60. The van der Waals surface area contributed by atoms with Crippen molar-refractivity contribution in [2.45, 2.75) is 25.0 Å². The molecule has 0 N–H and O–H groups in total. The van der Waals surface area contributed by atoms with E-state index in [-0.39, 0.29) is 18.1 Å². The molecule has 0 radical (unpaired) electrons. The van der Waals surface area contributed by atoms with E-state index in [2.05, 4.69) is 0 Å². The van der Waals surface area contributed by atoms with Gasteiger partial charge in [0.25, 0.3) is 5.91 Å². The van der Waals surface area contributed by atoms with Crippen LogP contribution < -0.4 is 4.74 Å². The molecule has 0 aliphatic carbocycles. The van der Waals surface area contributed by atoms with Gasteiger partial charge in [0.15, 0.2) is 0 Å². The van der Waals surface area contributed by atoms with E-state index in [1.165, 1.54) is 0 Å². The summed E-state index contributed by atoms with van der Waals surface area (Å²) >= 11 is 0. The van der Waals surface area contributed by atoms with Crippen LogP contribution in [0.3, 0.4) is 0 Å². The van der Waals surface area contributed by atoms with Gasteiger partial charge in [-0.2, -0.15) is 0 Å². The number of amides is 1. The standard InChI is InChI=1S/C22H25NO4/c24-22(23-12-14-26-21(15-23)17-5-2-1-3-6-17)18-8-10-19(11-9-18)27-16-20-7-4-13-25-20/h1-3,5-6,8-11,20-21H,4,7,12-16H2/t20-,21+/m0/s1. The Morgan fingerprint density at radius 2 is 1.85 bits per heavy atom. The van der Waals surface area contributed by atoms with E-state index in [1.54, 1.807) is 0 Å². The molecule has 2 aromatic carbocycles. The Labute approximate surface area is 159 Å². The van der Waals surface area contributed by atoms with Crippen molar-refractivity contribution in [3.8, 4) is 5.75 Å². The number of hydrogen-bond acceptors (Lipinski definition) is 4. The molecular weight excluding hydrogens is 342 g/mol. The van der Waals surface area contributed by atoms with Crippen molar-refractivity contribution in [1.82, 2.24) is 4.90 Å². The number of morpholine rings is 1. The summed E-state index contributed by atoms with van der Waals surface area (Å²) in [6.07, 6.45) is 2.27. The highest BCUT2D eigenvalue weighted by Gasteiger charge is 2.26. The van der Waals surface area contributed by atoms with Gasteiger partial charge < -0.3 is 19.1 Å². The Bertz CT molecular complexity index is 741. The second-order valence-corrected chi connectivity index (χ2v) is 6.99. The van der Waals surface area contributed by atoms with Crippen molar-refractivity contribution >= 4 is 5.91 Å². The van der Waals surface area contributed by atoms with Gasteiger partial charge >= 0.3 is 0 Å². The Morgan fingerprint density at radius 1 is 1.04 bits per heavy atom. The Morgan fingerprint density at radius 3 is 2.59 bits per heavy atom. The van der Waals surface area contributed by atoms with Crippen molar-refractivity contribution in [3.05, 3.63) is 65.7 Å². The number of benzene rings is 2. The lowest BCUT2D eigenvalue weighted by molar-refractivity contribution is -0.0228. The summed E-state index contributed by atoms with van der Waals surface area (Å²) in [6.45, 7) is 3.12. The number of hydrogen-bond donors (Lipinski definition) is 0. The summed E-state index contributed by atoms with van der Waals surface area (Å²) in [5.74, 6) is 0.802. The molecule has 2 aliphatic rings. The minimum Gasteiger partial charge on any atom is -0.491 e. The van der Waals surface area contributed by atoms with Gasteiger partial charge in [0, 0.05) is 18.7 Å². The molecule has 4 rings (SSSR count). The molecule has 0 saturated carbocycles. The number of carbonyl (C=O) groups excluding carboxylic acids is 1. The van der Waals surface area contributed by atoms with Crippen molar-refractivity contribution < 1.29 is 19.0 Å². The quantitative estimate of drug-likeness (QED) is 0.812. The molecule has 2 fully saturated rings. The molecule has 0 aromatic heterocycles. The minimum atomic E-state index is -0.0714. The van der Waals surface area contributed by atoms with Crippen molar-refractivity contribution in [2.75, 3.05) is 32.9 Å². The number of rotatable bonds is 5. The first-order valence-electron chi connectivity index (χ1n) is 9.60. The molecule has 27 heavy (non-hydrogen) atoms. The van der Waals surface area contributed by atoms with Gasteiger partial charge in [0.2, 0.25) is 0 Å². The van der Waals surface area contributed by atoms with Crippen molar-refractivity contribution in [1.29, 1.82) is 0 Å². The van der Waals surface area contributed by atoms with E-state index >= 15 is 0 Å². The van der Waals surface area contributed by atoms with Crippen LogP contribution in [-0.2, 0) is 9.47 Å². The minimum absolute atomic E-state index is 0.0323. The van der Waals surface area contributed by atoms with Gasteiger partial charge in [-0.3, -0.25) is 4.79 Å². The molecule has 142 valence electrons. The highest BCUT2D eigenvalue weighted by molar-refractivity contribution is 5.94. The first-order chi connectivity index (χ1) is 13.3. The van der Waals surface area contributed by atoms with Crippen molar-refractivity contribution in [3.63, 3.8) is 0 Å². The molecular formula is C22H25NO4. The molecule has 2 aromatic rings. The smallest absolute Gasteiger partial charge is 0.254 e. The fraction of sp³-hybridized carbons (Fsp3) is 0.409. The monoisotopic (exact) mass is 367 g/mol. The largest absolute Gasteiger partial charge is 0.491 e. The molecule has 0 unspecified atom stereocenters. The van der Waals surface area contributed by atoms with E-state index in [4.69, 9.17) is 14.2 Å². The number of nitrogens with zero attached hydrogens (tertiary/aromatic N) is 1. The number of ether oxygens (including phenoxy) is 3. The zero-order valence-corrected chi connectivity index (χ0v) is 15.4. The Hall–Kier alpha value is -2.37. The first kappa shape index (κ1) is 18.0. The van der Waals surface area contributed by atoms with Gasteiger partial charge in [-0.05, 0) is 42.7 Å². The maximum Gasteiger partial charge on any atom is 0.254 e. The lowest BCUT2D eigenvalue weighted by Crippen LogP contribution is -2.42. The lowest BCUT2D eigenvalue weighted by atomic mass is 10.1. The van der Waals surface area contributed by atoms with Crippen LogP contribution in [0, 0.1) is 0 Å². The molecule has 5 nitrogen and oxygen atoms in total. The molecule has 2 aliphatic heterocycles. The third kappa shape index (κ3) is 4.49. The average Bonchev–Trinajstić information content (AvgIpc) is 3.27. The summed E-state index contributed by atoms with van der Waals surface area (Å²) < 4.78 is 17.2. The van der Waals surface area contributed by atoms with Crippen LogP contribution in [-0.4, -0.2) is 49.8 Å². The summed E-state index contributed by atoms with van der Waals surface area (Å²) in [4.78, 5) is 14.7. The van der Waals surface area contributed by atoms with E-state index in [0.717, 1.165) is 30.8 Å². The summed E-state index contributed by atoms with van der Waals surface area (Å²) in [5, 5.41) is 0. The van der Waals surface area contributed by atoms with E-state index in [9.17, 15) is 4.79 Å². The maximum absolute atomic E-state index is 12.9. The molecule has 5 heteroatoms. The summed E-state index contributed by atoms with van der Waals surface area (Å²) in [5.41, 5.74) is 1.78. The van der Waals surface area contributed by atoms with Crippen LogP contribution in [0.5, 0.6) is 5.75 Å². The second kappa shape index (κ2) is 8.55.